The number of rotatable bonds is 5. The Morgan fingerprint density at radius 1 is 0.757 bits per heavy atom. The molecule has 6 rings (SSSR count). The number of para-hydroxylation sites is 1. The lowest BCUT2D eigenvalue weighted by Gasteiger charge is -2.22. The summed E-state index contributed by atoms with van der Waals surface area (Å²) in [4.78, 5) is 13.7. The molecule has 1 amide bonds. The van der Waals surface area contributed by atoms with E-state index in [9.17, 15) is 9.18 Å². The first-order valence-corrected chi connectivity index (χ1v) is 12.1. The van der Waals surface area contributed by atoms with Gasteiger partial charge in [-0.25, -0.2) is 14.1 Å². The van der Waals surface area contributed by atoms with Crippen LogP contribution in [0.15, 0.2) is 127 Å². The number of aromatic nitrogens is 2. The summed E-state index contributed by atoms with van der Waals surface area (Å²) in [7, 11) is 0. The molecule has 1 aliphatic heterocycles. The Labute approximate surface area is 214 Å². The Morgan fingerprint density at radius 2 is 1.38 bits per heavy atom. The predicted octanol–water partition coefficient (Wildman–Crippen LogP) is 6.67. The average molecular weight is 487 g/mol. The highest BCUT2D eigenvalue weighted by molar-refractivity contribution is 6.05. The minimum atomic E-state index is -0.388. The highest BCUT2D eigenvalue weighted by Gasteiger charge is 2.36. The van der Waals surface area contributed by atoms with Crippen molar-refractivity contribution >= 4 is 11.6 Å². The van der Waals surface area contributed by atoms with Gasteiger partial charge in [0.25, 0.3) is 5.91 Å². The fourth-order valence-electron chi connectivity index (χ4n) is 4.63. The molecule has 180 valence electrons. The summed E-state index contributed by atoms with van der Waals surface area (Å²) >= 11 is 0. The smallest absolute Gasteiger partial charge is 0.267 e. The summed E-state index contributed by atoms with van der Waals surface area (Å²) in [5.74, 6) is -0.502. The summed E-state index contributed by atoms with van der Waals surface area (Å²) in [5, 5.41) is 11.3. The molecule has 0 saturated heterocycles. The zero-order chi connectivity index (χ0) is 25.2. The van der Waals surface area contributed by atoms with E-state index in [0.29, 0.717) is 17.7 Å². The molecule has 0 saturated carbocycles. The summed E-state index contributed by atoms with van der Waals surface area (Å²) in [6.07, 6.45) is 2.48. The van der Waals surface area contributed by atoms with Crippen LogP contribution in [0.4, 0.5) is 4.39 Å². The largest absolute Gasteiger partial charge is 0.274 e. The van der Waals surface area contributed by atoms with E-state index >= 15 is 0 Å². The van der Waals surface area contributed by atoms with Crippen LogP contribution in [0.5, 0.6) is 0 Å². The van der Waals surface area contributed by atoms with Crippen molar-refractivity contribution in [2.24, 2.45) is 5.10 Å². The summed E-state index contributed by atoms with van der Waals surface area (Å²) in [6.45, 7) is 0. The average Bonchev–Trinajstić information content (AvgIpc) is 3.60. The van der Waals surface area contributed by atoms with Crippen LogP contribution in [0.25, 0.3) is 16.9 Å². The van der Waals surface area contributed by atoms with E-state index in [0.717, 1.165) is 28.1 Å². The van der Waals surface area contributed by atoms with Gasteiger partial charge in [-0.3, -0.25) is 4.79 Å². The molecule has 2 heterocycles. The third-order valence-corrected chi connectivity index (χ3v) is 6.49. The monoisotopic (exact) mass is 486 g/mol. The van der Waals surface area contributed by atoms with Gasteiger partial charge in [0.2, 0.25) is 0 Å². The molecule has 1 atom stereocenters. The molecule has 0 unspecified atom stereocenters. The predicted molar refractivity (Wildman–Crippen MR) is 142 cm³/mol. The standard InChI is InChI=1S/C31H23FN4O/c32-25-18-16-23(17-19-25)30-27(21-35(34-30)26-14-8-3-9-15-26)29-20-28(22-10-4-1-5-11-22)33-36(29)31(37)24-12-6-2-7-13-24/h1-19,21,29H,20H2/t29-/m1/s1. The first-order valence-electron chi connectivity index (χ1n) is 12.1. The fraction of sp³-hybridized carbons (Fsp3) is 0.0645. The molecule has 5 aromatic rings. The maximum absolute atomic E-state index is 13.8. The van der Waals surface area contributed by atoms with Gasteiger partial charge in [0.15, 0.2) is 0 Å². The second kappa shape index (κ2) is 9.66. The molecule has 0 bridgehead atoms. The molecule has 37 heavy (non-hydrogen) atoms. The van der Waals surface area contributed by atoms with Crippen LogP contribution in [0.1, 0.15) is 33.9 Å². The van der Waals surface area contributed by atoms with Gasteiger partial charge in [-0.2, -0.15) is 10.2 Å². The Morgan fingerprint density at radius 3 is 2.05 bits per heavy atom. The van der Waals surface area contributed by atoms with Crippen LogP contribution >= 0.6 is 0 Å². The Bertz CT molecular complexity index is 1560. The number of benzene rings is 4. The van der Waals surface area contributed by atoms with E-state index in [2.05, 4.69) is 0 Å². The van der Waals surface area contributed by atoms with E-state index in [-0.39, 0.29) is 17.8 Å². The lowest BCUT2D eigenvalue weighted by Crippen LogP contribution is -2.27. The van der Waals surface area contributed by atoms with Crippen LogP contribution in [0.3, 0.4) is 0 Å². The highest BCUT2D eigenvalue weighted by atomic mass is 19.1. The summed E-state index contributed by atoms with van der Waals surface area (Å²) in [6, 6.07) is 34.7. The Kier molecular flexibility index (Phi) is 5.91. The van der Waals surface area contributed by atoms with E-state index in [4.69, 9.17) is 10.2 Å². The van der Waals surface area contributed by atoms with Crippen molar-refractivity contribution in [1.82, 2.24) is 14.8 Å². The topological polar surface area (TPSA) is 50.5 Å². The number of halogens is 1. The lowest BCUT2D eigenvalue weighted by atomic mass is 9.96. The van der Waals surface area contributed by atoms with E-state index in [1.165, 1.54) is 12.1 Å². The molecule has 4 aromatic carbocycles. The SMILES string of the molecule is O=C(c1ccccc1)N1N=C(c2ccccc2)C[C@@H]1c1cn(-c2ccccc2)nc1-c1ccc(F)cc1. The second-order valence-electron chi connectivity index (χ2n) is 8.87. The molecular formula is C31H23FN4O. The van der Waals surface area contributed by atoms with Crippen LogP contribution in [0.2, 0.25) is 0 Å². The molecule has 6 heteroatoms. The van der Waals surface area contributed by atoms with E-state index in [1.807, 2.05) is 85.1 Å². The third-order valence-electron chi connectivity index (χ3n) is 6.49. The number of hydrazone groups is 1. The summed E-state index contributed by atoms with van der Waals surface area (Å²) < 4.78 is 15.6. The van der Waals surface area contributed by atoms with Crippen LogP contribution in [-0.2, 0) is 0 Å². The minimum absolute atomic E-state index is 0.186. The van der Waals surface area contributed by atoms with Crippen molar-refractivity contribution in [1.29, 1.82) is 0 Å². The first kappa shape index (κ1) is 22.6. The molecule has 0 N–H and O–H groups in total. The van der Waals surface area contributed by atoms with Crippen molar-refractivity contribution in [3.05, 3.63) is 144 Å². The van der Waals surface area contributed by atoms with Gasteiger partial charge in [-0.15, -0.1) is 0 Å². The molecule has 0 radical (unpaired) electrons. The van der Waals surface area contributed by atoms with Crippen LogP contribution in [-0.4, -0.2) is 26.4 Å². The quantitative estimate of drug-likeness (QED) is 0.279. The maximum Gasteiger partial charge on any atom is 0.274 e. The molecule has 1 aliphatic rings. The van der Waals surface area contributed by atoms with Gasteiger partial charge in [-0.05, 0) is 54.1 Å². The molecule has 0 aliphatic carbocycles. The molecule has 0 spiro atoms. The van der Waals surface area contributed by atoms with Crippen molar-refractivity contribution in [3.8, 4) is 16.9 Å². The summed E-state index contributed by atoms with van der Waals surface area (Å²) in [5.41, 5.74) is 5.54. The van der Waals surface area contributed by atoms with Crippen molar-refractivity contribution in [3.63, 3.8) is 0 Å². The molecule has 1 aromatic heterocycles. The minimum Gasteiger partial charge on any atom is -0.267 e. The number of hydrogen-bond acceptors (Lipinski definition) is 3. The van der Waals surface area contributed by atoms with Crippen LogP contribution < -0.4 is 0 Å². The van der Waals surface area contributed by atoms with Gasteiger partial charge in [0.05, 0.1) is 23.1 Å². The van der Waals surface area contributed by atoms with E-state index in [1.54, 1.807) is 34.0 Å². The molecular weight excluding hydrogens is 463 g/mol. The Hall–Kier alpha value is -4.84. The van der Waals surface area contributed by atoms with Gasteiger partial charge in [-0.1, -0.05) is 66.7 Å². The van der Waals surface area contributed by atoms with E-state index < -0.39 is 0 Å². The number of nitrogens with zero attached hydrogens (tertiary/aromatic N) is 4. The van der Waals surface area contributed by atoms with Gasteiger partial charge in [0, 0.05) is 29.3 Å². The maximum atomic E-state index is 13.8. The van der Waals surface area contributed by atoms with Crippen LogP contribution in [0, 0.1) is 5.82 Å². The zero-order valence-electron chi connectivity index (χ0n) is 19.9. The molecule has 5 nitrogen and oxygen atoms in total. The number of carbonyl (C=O) groups excluding carboxylic acids is 1. The van der Waals surface area contributed by atoms with Crippen molar-refractivity contribution in [2.45, 2.75) is 12.5 Å². The molecule has 0 fully saturated rings. The fourth-order valence-corrected chi connectivity index (χ4v) is 4.63. The first-order chi connectivity index (χ1) is 18.2. The van der Waals surface area contributed by atoms with Gasteiger partial charge < -0.3 is 0 Å². The second-order valence-corrected chi connectivity index (χ2v) is 8.87. The van der Waals surface area contributed by atoms with Crippen molar-refractivity contribution in [2.75, 3.05) is 0 Å². The third kappa shape index (κ3) is 4.45. The highest BCUT2D eigenvalue weighted by Crippen LogP contribution is 2.39. The van der Waals surface area contributed by atoms with Gasteiger partial charge in [0.1, 0.15) is 5.82 Å². The lowest BCUT2D eigenvalue weighted by molar-refractivity contribution is 0.0711. The zero-order valence-corrected chi connectivity index (χ0v) is 19.9. The number of carbonyl (C=O) groups is 1. The number of amides is 1. The normalized spacial score (nSPS) is 15.0. The number of hydrogen-bond donors (Lipinski definition) is 0. The van der Waals surface area contributed by atoms with Gasteiger partial charge >= 0.3 is 0 Å². The van der Waals surface area contributed by atoms with Crippen molar-refractivity contribution < 1.29 is 9.18 Å². The Balaban J connectivity index is 1.49.